The fourth-order valence-corrected chi connectivity index (χ4v) is 2.54. The fourth-order valence-electron chi connectivity index (χ4n) is 2.54. The lowest BCUT2D eigenvalue weighted by Crippen LogP contribution is -1.97. The number of allylic oxidation sites excluding steroid dienone is 2. The summed E-state index contributed by atoms with van der Waals surface area (Å²) in [6, 6.07) is 3.97. The summed E-state index contributed by atoms with van der Waals surface area (Å²) in [5, 5.41) is 12.6. The Kier molecular flexibility index (Phi) is 4.51. The van der Waals surface area contributed by atoms with Crippen molar-refractivity contribution >= 4 is 11.3 Å². The van der Waals surface area contributed by atoms with E-state index in [1.165, 1.54) is 24.8 Å². The molecule has 0 radical (unpaired) electrons. The van der Waals surface area contributed by atoms with Crippen molar-refractivity contribution in [2.45, 2.75) is 45.4 Å². The van der Waals surface area contributed by atoms with E-state index in [4.69, 9.17) is 5.21 Å². The number of pyridine rings is 1. The van der Waals surface area contributed by atoms with E-state index in [9.17, 15) is 0 Å². The molecule has 1 aromatic rings. The smallest absolute Gasteiger partial charge is 0.0877 e. The standard InChI is InChI=1S/C15H20N2O/c1-2-3-4-6-12-8-9-14(17-18)15(12)13-7-5-10-16-11-13/h5,7,10-11,18H,2-4,6,8-9H2,1H3/b17-14+. The summed E-state index contributed by atoms with van der Waals surface area (Å²) in [5.74, 6) is 0. The Morgan fingerprint density at radius 3 is 2.89 bits per heavy atom. The van der Waals surface area contributed by atoms with Gasteiger partial charge in [0.2, 0.25) is 0 Å². The highest BCUT2D eigenvalue weighted by molar-refractivity contribution is 6.26. The number of aromatic nitrogens is 1. The van der Waals surface area contributed by atoms with Crippen LogP contribution >= 0.6 is 0 Å². The zero-order chi connectivity index (χ0) is 12.8. The van der Waals surface area contributed by atoms with Gasteiger partial charge in [-0.05, 0) is 31.7 Å². The van der Waals surface area contributed by atoms with E-state index >= 15 is 0 Å². The molecule has 18 heavy (non-hydrogen) atoms. The lowest BCUT2D eigenvalue weighted by atomic mass is 9.99. The van der Waals surface area contributed by atoms with Gasteiger partial charge in [-0.25, -0.2) is 0 Å². The number of oxime groups is 1. The predicted octanol–water partition coefficient (Wildman–Crippen LogP) is 4.04. The van der Waals surface area contributed by atoms with Crippen LogP contribution in [0, 0.1) is 0 Å². The van der Waals surface area contributed by atoms with Gasteiger partial charge in [-0.3, -0.25) is 4.98 Å². The van der Waals surface area contributed by atoms with Crippen LogP contribution in [0.5, 0.6) is 0 Å². The van der Waals surface area contributed by atoms with Crippen molar-refractivity contribution in [1.29, 1.82) is 0 Å². The molecule has 1 aliphatic rings. The van der Waals surface area contributed by atoms with E-state index < -0.39 is 0 Å². The first-order valence-corrected chi connectivity index (χ1v) is 6.70. The molecule has 0 spiro atoms. The van der Waals surface area contributed by atoms with Crippen LogP contribution in [0.3, 0.4) is 0 Å². The van der Waals surface area contributed by atoms with Crippen LogP contribution in [0.1, 0.15) is 51.0 Å². The highest BCUT2D eigenvalue weighted by Gasteiger charge is 2.22. The third-order valence-corrected chi connectivity index (χ3v) is 3.46. The second kappa shape index (κ2) is 6.34. The SMILES string of the molecule is CCCCCC1=C(c2cccnc2)/C(=N/O)CC1. The molecule has 0 aromatic carbocycles. The lowest BCUT2D eigenvalue weighted by molar-refractivity contribution is 0.319. The highest BCUT2D eigenvalue weighted by Crippen LogP contribution is 2.34. The third-order valence-electron chi connectivity index (χ3n) is 3.46. The first-order valence-electron chi connectivity index (χ1n) is 6.70. The van der Waals surface area contributed by atoms with Crippen LogP contribution in [0.15, 0.2) is 35.3 Å². The van der Waals surface area contributed by atoms with Gasteiger partial charge in [0.25, 0.3) is 0 Å². The first-order chi connectivity index (χ1) is 8.86. The molecule has 1 aliphatic carbocycles. The molecule has 96 valence electrons. The molecular formula is C15H20N2O. The normalized spacial score (nSPS) is 17.7. The minimum atomic E-state index is 0.814. The molecule has 1 N–H and O–H groups in total. The van der Waals surface area contributed by atoms with Crippen molar-refractivity contribution in [2.75, 3.05) is 0 Å². The highest BCUT2D eigenvalue weighted by atomic mass is 16.4. The molecule has 3 heteroatoms. The Morgan fingerprint density at radius 1 is 1.33 bits per heavy atom. The van der Waals surface area contributed by atoms with E-state index in [0.29, 0.717) is 0 Å². The van der Waals surface area contributed by atoms with Crippen LogP contribution in [-0.2, 0) is 0 Å². The van der Waals surface area contributed by atoms with Gasteiger partial charge in [-0.1, -0.05) is 36.6 Å². The number of nitrogens with zero attached hydrogens (tertiary/aromatic N) is 2. The van der Waals surface area contributed by atoms with Crippen molar-refractivity contribution < 1.29 is 5.21 Å². The van der Waals surface area contributed by atoms with E-state index in [1.54, 1.807) is 6.20 Å². The molecule has 3 nitrogen and oxygen atoms in total. The molecule has 0 saturated carbocycles. The molecule has 1 heterocycles. The summed E-state index contributed by atoms with van der Waals surface area (Å²) in [5.41, 5.74) is 4.44. The minimum Gasteiger partial charge on any atom is -0.411 e. The van der Waals surface area contributed by atoms with Crippen molar-refractivity contribution in [3.63, 3.8) is 0 Å². The molecule has 0 amide bonds. The quantitative estimate of drug-likeness (QED) is 0.482. The van der Waals surface area contributed by atoms with E-state index in [-0.39, 0.29) is 0 Å². The average Bonchev–Trinajstić information content (AvgIpc) is 2.83. The van der Waals surface area contributed by atoms with Crippen molar-refractivity contribution in [1.82, 2.24) is 4.98 Å². The maximum Gasteiger partial charge on any atom is 0.0877 e. The van der Waals surface area contributed by atoms with Crippen molar-refractivity contribution in [3.05, 3.63) is 35.7 Å². The van der Waals surface area contributed by atoms with Gasteiger partial charge in [-0.2, -0.15) is 0 Å². The summed E-state index contributed by atoms with van der Waals surface area (Å²) in [6.07, 6.45) is 10.3. The zero-order valence-electron chi connectivity index (χ0n) is 10.9. The Hall–Kier alpha value is -1.64. The Bertz CT molecular complexity index is 449. The molecule has 0 saturated heterocycles. The molecular weight excluding hydrogens is 224 g/mol. The lowest BCUT2D eigenvalue weighted by Gasteiger charge is -2.07. The van der Waals surface area contributed by atoms with Gasteiger partial charge in [0.05, 0.1) is 5.71 Å². The molecule has 2 rings (SSSR count). The summed E-state index contributed by atoms with van der Waals surface area (Å²) in [4.78, 5) is 4.16. The first kappa shape index (κ1) is 12.8. The Morgan fingerprint density at radius 2 is 2.22 bits per heavy atom. The van der Waals surface area contributed by atoms with Gasteiger partial charge in [0.1, 0.15) is 0 Å². The van der Waals surface area contributed by atoms with Crippen LogP contribution < -0.4 is 0 Å². The van der Waals surface area contributed by atoms with Crippen molar-refractivity contribution in [3.8, 4) is 0 Å². The van der Waals surface area contributed by atoms with Crippen LogP contribution in [-0.4, -0.2) is 15.9 Å². The molecule has 1 aromatic heterocycles. The maximum absolute atomic E-state index is 9.12. The summed E-state index contributed by atoms with van der Waals surface area (Å²) < 4.78 is 0. The van der Waals surface area contributed by atoms with E-state index in [2.05, 4.69) is 17.1 Å². The Balaban J connectivity index is 2.26. The Labute approximate surface area is 108 Å². The number of rotatable bonds is 5. The van der Waals surface area contributed by atoms with Crippen LogP contribution in [0.25, 0.3) is 5.57 Å². The zero-order valence-corrected chi connectivity index (χ0v) is 10.9. The van der Waals surface area contributed by atoms with Gasteiger partial charge >= 0.3 is 0 Å². The van der Waals surface area contributed by atoms with Gasteiger partial charge in [0, 0.05) is 23.5 Å². The number of hydrogen-bond donors (Lipinski definition) is 1. The average molecular weight is 244 g/mol. The molecule has 0 fully saturated rings. The molecule has 0 unspecified atom stereocenters. The molecule has 0 atom stereocenters. The number of unbranched alkanes of at least 4 members (excludes halogenated alkanes) is 2. The summed E-state index contributed by atoms with van der Waals surface area (Å²) >= 11 is 0. The minimum absolute atomic E-state index is 0.814. The van der Waals surface area contributed by atoms with Gasteiger partial charge in [0.15, 0.2) is 0 Å². The fraction of sp³-hybridized carbons (Fsp3) is 0.467. The number of hydrogen-bond acceptors (Lipinski definition) is 3. The van der Waals surface area contributed by atoms with Gasteiger partial charge in [-0.15, -0.1) is 0 Å². The van der Waals surface area contributed by atoms with E-state index in [0.717, 1.165) is 36.1 Å². The van der Waals surface area contributed by atoms with Crippen LogP contribution in [0.4, 0.5) is 0 Å². The van der Waals surface area contributed by atoms with E-state index in [1.807, 2.05) is 18.3 Å². The largest absolute Gasteiger partial charge is 0.411 e. The summed E-state index contributed by atoms with van der Waals surface area (Å²) in [7, 11) is 0. The topological polar surface area (TPSA) is 45.5 Å². The molecule has 0 aliphatic heterocycles. The summed E-state index contributed by atoms with van der Waals surface area (Å²) in [6.45, 7) is 2.21. The second-order valence-electron chi connectivity index (χ2n) is 4.72. The van der Waals surface area contributed by atoms with Gasteiger partial charge < -0.3 is 5.21 Å². The van der Waals surface area contributed by atoms with Crippen molar-refractivity contribution in [2.24, 2.45) is 5.16 Å². The monoisotopic (exact) mass is 244 g/mol. The third kappa shape index (κ3) is 2.78. The maximum atomic E-state index is 9.12. The van der Waals surface area contributed by atoms with Crippen LogP contribution in [0.2, 0.25) is 0 Å². The second-order valence-corrected chi connectivity index (χ2v) is 4.72. The predicted molar refractivity (Wildman–Crippen MR) is 73.8 cm³/mol. The molecule has 0 bridgehead atoms.